The summed E-state index contributed by atoms with van der Waals surface area (Å²) in [6, 6.07) is 84.7. The van der Waals surface area contributed by atoms with Gasteiger partial charge in [-0.1, -0.05) is 140 Å². The van der Waals surface area contributed by atoms with Crippen LogP contribution in [0.15, 0.2) is 270 Å². The normalized spacial score (nSPS) is 14.7. The van der Waals surface area contributed by atoms with Crippen LogP contribution in [-0.4, -0.2) is 22.5 Å². The number of pyridine rings is 1. The van der Waals surface area contributed by atoms with Gasteiger partial charge < -0.3 is 13.9 Å². The fourth-order valence-electron chi connectivity index (χ4n) is 13.2. The maximum Gasteiger partial charge on any atom is 0.236 e. The SMILES string of the molecule is O=S1(=O)C2=C(C=C3C(=c4cc(-n5c6ccccc6c6ccccc65)ccc4=c4cc5c(cc4-c4cc(-n6c7ccccc7c7ccccc76)cnc43)=[N+](c3ccccc3)c3ccccc3N5c3ccccc3)C2)Oc2ccccc21. The van der Waals surface area contributed by atoms with E-state index in [9.17, 15) is 0 Å². The van der Waals surface area contributed by atoms with E-state index in [0.717, 1.165) is 127 Å². The molecule has 9 heteroatoms. The van der Waals surface area contributed by atoms with Crippen LogP contribution in [-0.2, 0) is 9.84 Å². The third kappa shape index (κ3) is 6.34. The number of aromatic nitrogens is 3. The van der Waals surface area contributed by atoms with Gasteiger partial charge in [-0.2, -0.15) is 0 Å². The average Bonchev–Trinajstić information content (AvgIpc) is 3.77. The highest BCUT2D eigenvalue weighted by molar-refractivity contribution is 7.95. The van der Waals surface area contributed by atoms with Crippen molar-refractivity contribution in [2.24, 2.45) is 0 Å². The van der Waals surface area contributed by atoms with Crippen molar-refractivity contribution in [2.45, 2.75) is 11.3 Å². The molecule has 2 aliphatic heterocycles. The van der Waals surface area contributed by atoms with E-state index < -0.39 is 9.84 Å². The number of anilines is 3. The molecular weight excluding hydrogens is 1000 g/mol. The molecule has 0 fully saturated rings. The minimum atomic E-state index is -4.01. The lowest BCUT2D eigenvalue weighted by molar-refractivity contribution is 0.419. The van der Waals surface area contributed by atoms with Crippen LogP contribution in [0.1, 0.15) is 12.1 Å². The van der Waals surface area contributed by atoms with Gasteiger partial charge in [0.2, 0.25) is 26.6 Å². The number of ether oxygens (including phenoxy) is 1. The van der Waals surface area contributed by atoms with Gasteiger partial charge >= 0.3 is 0 Å². The highest BCUT2D eigenvalue weighted by atomic mass is 32.2. The number of rotatable bonds is 4. The second-order valence-corrected chi connectivity index (χ2v) is 22.8. The molecule has 0 unspecified atom stereocenters. The van der Waals surface area contributed by atoms with Crippen LogP contribution in [0.2, 0.25) is 0 Å². The lowest BCUT2D eigenvalue weighted by atomic mass is 9.84. The van der Waals surface area contributed by atoms with Crippen LogP contribution in [0.25, 0.3) is 77.3 Å². The van der Waals surface area contributed by atoms with Gasteiger partial charge in [0.1, 0.15) is 27.8 Å². The van der Waals surface area contributed by atoms with E-state index in [-0.39, 0.29) is 16.2 Å². The molecule has 0 saturated carbocycles. The molecule has 376 valence electrons. The Balaban J connectivity index is 1.08. The minimum Gasteiger partial charge on any atom is -0.455 e. The number of sulfone groups is 1. The molecule has 0 N–H and O–H groups in total. The van der Waals surface area contributed by atoms with Crippen molar-refractivity contribution in [3.05, 3.63) is 292 Å². The third-order valence-corrected chi connectivity index (χ3v) is 18.5. The first kappa shape index (κ1) is 44.7. The van der Waals surface area contributed by atoms with Gasteiger partial charge in [-0.15, -0.1) is 4.58 Å². The number of hydrogen-bond acceptors (Lipinski definition) is 5. The summed E-state index contributed by atoms with van der Waals surface area (Å²) in [4.78, 5) is 8.41. The molecule has 4 aliphatic rings. The molecule has 10 aromatic carbocycles. The number of para-hydroxylation sites is 9. The summed E-state index contributed by atoms with van der Waals surface area (Å²) in [5.41, 5.74) is 15.4. The lowest BCUT2D eigenvalue weighted by Gasteiger charge is -2.30. The first-order valence-electron chi connectivity index (χ1n) is 26.9. The zero-order valence-electron chi connectivity index (χ0n) is 42.8. The topological polar surface area (TPSA) is 72.4 Å². The summed E-state index contributed by atoms with van der Waals surface area (Å²) in [5, 5.41) is 8.42. The smallest absolute Gasteiger partial charge is 0.236 e. The van der Waals surface area contributed by atoms with Crippen LogP contribution >= 0.6 is 0 Å². The fourth-order valence-corrected chi connectivity index (χ4v) is 14.8. The molecule has 17 rings (SSSR count). The van der Waals surface area contributed by atoms with E-state index in [1.54, 1.807) is 18.2 Å². The summed E-state index contributed by atoms with van der Waals surface area (Å²) in [7, 11) is -4.01. The van der Waals surface area contributed by atoms with Crippen molar-refractivity contribution < 1.29 is 13.2 Å². The summed E-state index contributed by atoms with van der Waals surface area (Å²) >= 11 is 0. The van der Waals surface area contributed by atoms with Crippen molar-refractivity contribution in [1.82, 2.24) is 18.7 Å². The molecule has 0 spiro atoms. The predicted molar refractivity (Wildman–Crippen MR) is 321 cm³/mol. The Morgan fingerprint density at radius 3 is 1.75 bits per heavy atom. The number of hydrogen-bond donors (Lipinski definition) is 0. The van der Waals surface area contributed by atoms with Crippen molar-refractivity contribution >= 4 is 93.0 Å². The highest BCUT2D eigenvalue weighted by Gasteiger charge is 2.39. The molecule has 2 aliphatic carbocycles. The zero-order chi connectivity index (χ0) is 52.8. The fraction of sp³-hybridized carbons (Fsp3) is 0.0141. The number of benzene rings is 10. The van der Waals surface area contributed by atoms with Crippen molar-refractivity contribution in [3.63, 3.8) is 0 Å². The van der Waals surface area contributed by atoms with Crippen molar-refractivity contribution in [3.8, 4) is 28.3 Å². The highest BCUT2D eigenvalue weighted by Crippen LogP contribution is 2.49. The van der Waals surface area contributed by atoms with E-state index in [0.29, 0.717) is 17.2 Å². The van der Waals surface area contributed by atoms with E-state index in [1.807, 2.05) is 18.3 Å². The van der Waals surface area contributed by atoms with Crippen LogP contribution in [0.5, 0.6) is 5.75 Å². The predicted octanol–water partition coefficient (Wildman–Crippen LogP) is 15.2. The van der Waals surface area contributed by atoms with Gasteiger partial charge in [0, 0.05) is 74.7 Å². The molecule has 13 aromatic rings. The first-order chi connectivity index (χ1) is 39.5. The molecular formula is C71H44N5O3S+. The van der Waals surface area contributed by atoms with Crippen LogP contribution in [0, 0.1) is 10.4 Å². The van der Waals surface area contributed by atoms with Gasteiger partial charge in [-0.3, -0.25) is 9.88 Å². The molecule has 0 atom stereocenters. The third-order valence-electron chi connectivity index (χ3n) is 16.6. The number of nitrogens with zero attached hydrogens (tertiary/aromatic N) is 5. The van der Waals surface area contributed by atoms with Crippen LogP contribution in [0.3, 0.4) is 0 Å². The van der Waals surface area contributed by atoms with Crippen molar-refractivity contribution in [2.75, 3.05) is 4.90 Å². The molecule has 0 amide bonds. The van der Waals surface area contributed by atoms with Gasteiger partial charge in [0.05, 0.1) is 44.6 Å². The van der Waals surface area contributed by atoms with Crippen LogP contribution in [0.4, 0.5) is 28.4 Å². The van der Waals surface area contributed by atoms with E-state index in [4.69, 9.17) is 9.72 Å². The molecule has 8 nitrogen and oxygen atoms in total. The maximum atomic E-state index is 15.1. The summed E-state index contributed by atoms with van der Waals surface area (Å²) in [5.74, 6) is 0.612. The Kier molecular flexibility index (Phi) is 9.41. The Bertz CT molecular complexity index is 5220. The second-order valence-electron chi connectivity index (χ2n) is 20.8. The summed E-state index contributed by atoms with van der Waals surface area (Å²) in [6.07, 6.45) is 3.99. The molecule has 80 heavy (non-hydrogen) atoms. The second kappa shape index (κ2) is 16.8. The van der Waals surface area contributed by atoms with E-state index in [2.05, 4.69) is 237 Å². The van der Waals surface area contributed by atoms with E-state index >= 15 is 8.42 Å². The monoisotopic (exact) mass is 1050 g/mol. The van der Waals surface area contributed by atoms with Gasteiger partial charge in [0.25, 0.3) is 0 Å². The Morgan fingerprint density at radius 1 is 0.475 bits per heavy atom. The molecule has 0 bridgehead atoms. The summed E-state index contributed by atoms with van der Waals surface area (Å²) < 4.78 is 44.0. The molecule has 0 radical (unpaired) electrons. The standard InChI is InChI=1S/C71H44N5O3S/c77-80(78)69-34-18-17-33-67(69)79-68-41-58-56(42-70(68)80)53-37-46(75-59-27-11-7-23-49(59)50-24-8-12-28-60(50)75)35-36-48(53)54-39-65-66(74(45-21-5-2-6-22-45)64-32-16-15-31-63(64)73(65)44-19-3-1-4-20-44)40-55(54)57-38-47(43-72-71(57)58)76-61-29-13-9-25-51(61)52-26-10-14-30-62(52)76/h1-41,43H,42H2/q+1. The van der Waals surface area contributed by atoms with E-state index in [1.165, 1.54) is 0 Å². The largest absolute Gasteiger partial charge is 0.455 e. The van der Waals surface area contributed by atoms with Gasteiger partial charge in [-0.05, 0) is 112 Å². The quantitative estimate of drug-likeness (QED) is 0.164. The average molecular weight is 1050 g/mol. The molecule has 3 aromatic heterocycles. The Labute approximate surface area is 459 Å². The Hall–Kier alpha value is -10.4. The lowest BCUT2D eigenvalue weighted by Crippen LogP contribution is -2.33. The Morgan fingerprint density at radius 2 is 1.06 bits per heavy atom. The van der Waals surface area contributed by atoms with Crippen molar-refractivity contribution in [1.29, 1.82) is 0 Å². The molecule has 0 saturated heterocycles. The zero-order valence-corrected chi connectivity index (χ0v) is 43.6. The minimum absolute atomic E-state index is 0.0722. The van der Waals surface area contributed by atoms with Crippen LogP contribution < -0.4 is 24.8 Å². The molecule has 5 heterocycles. The summed E-state index contributed by atoms with van der Waals surface area (Å²) in [6.45, 7) is 0. The van der Waals surface area contributed by atoms with Gasteiger partial charge in [-0.25, -0.2) is 8.42 Å². The first-order valence-corrected chi connectivity index (χ1v) is 28.4. The number of allylic oxidation sites excluding steroid dienone is 3. The maximum absolute atomic E-state index is 15.1. The number of fused-ring (bicyclic) bond motifs is 15. The van der Waals surface area contributed by atoms with Gasteiger partial charge in [0.15, 0.2) is 0 Å².